The first-order valence-corrected chi connectivity index (χ1v) is 7.63. The van der Waals surface area contributed by atoms with Gasteiger partial charge in [-0.05, 0) is 55.1 Å². The minimum absolute atomic E-state index is 0.339. The Bertz CT molecular complexity index is 525. The Kier molecular flexibility index (Phi) is 5.96. The lowest BCUT2D eigenvalue weighted by atomic mass is 10.00. The SMILES string of the molecule is CCCNC(Cc1ccoc1)Cc1ccc(Cl)cc1Cl. The van der Waals surface area contributed by atoms with E-state index in [1.165, 1.54) is 5.56 Å². The maximum atomic E-state index is 6.26. The summed E-state index contributed by atoms with van der Waals surface area (Å²) in [6, 6.07) is 8.03. The zero-order chi connectivity index (χ0) is 14.4. The maximum absolute atomic E-state index is 6.26. The number of rotatable bonds is 7. The summed E-state index contributed by atoms with van der Waals surface area (Å²) in [6.45, 7) is 3.16. The third kappa shape index (κ3) is 4.55. The van der Waals surface area contributed by atoms with Gasteiger partial charge in [0.05, 0.1) is 12.5 Å². The molecule has 1 aromatic carbocycles. The minimum Gasteiger partial charge on any atom is -0.472 e. The van der Waals surface area contributed by atoms with Gasteiger partial charge in [-0.1, -0.05) is 36.2 Å². The summed E-state index contributed by atoms with van der Waals surface area (Å²) < 4.78 is 5.14. The fourth-order valence-corrected chi connectivity index (χ4v) is 2.70. The second-order valence-corrected chi connectivity index (χ2v) is 5.77. The molecule has 0 aliphatic rings. The molecule has 2 aromatic rings. The number of hydrogen-bond donors (Lipinski definition) is 1. The van der Waals surface area contributed by atoms with Crippen molar-refractivity contribution in [2.24, 2.45) is 0 Å². The Labute approximate surface area is 130 Å². The summed E-state index contributed by atoms with van der Waals surface area (Å²) in [5, 5.41) is 4.97. The number of nitrogens with one attached hydrogen (secondary N) is 1. The van der Waals surface area contributed by atoms with Crippen molar-refractivity contribution in [3.63, 3.8) is 0 Å². The van der Waals surface area contributed by atoms with Crippen LogP contribution in [0.15, 0.2) is 41.2 Å². The molecule has 0 amide bonds. The normalized spacial score (nSPS) is 12.6. The van der Waals surface area contributed by atoms with E-state index in [2.05, 4.69) is 12.2 Å². The second kappa shape index (κ2) is 7.72. The first kappa shape index (κ1) is 15.4. The van der Waals surface area contributed by atoms with E-state index < -0.39 is 0 Å². The van der Waals surface area contributed by atoms with Gasteiger partial charge in [-0.3, -0.25) is 0 Å². The van der Waals surface area contributed by atoms with Gasteiger partial charge in [0.15, 0.2) is 0 Å². The highest BCUT2D eigenvalue weighted by Crippen LogP contribution is 2.23. The first-order valence-electron chi connectivity index (χ1n) is 6.87. The molecule has 0 saturated carbocycles. The van der Waals surface area contributed by atoms with Crippen LogP contribution >= 0.6 is 23.2 Å². The van der Waals surface area contributed by atoms with Gasteiger partial charge in [0, 0.05) is 16.1 Å². The molecule has 0 saturated heterocycles. The fraction of sp³-hybridized carbons (Fsp3) is 0.375. The van der Waals surface area contributed by atoms with Crippen molar-refractivity contribution in [1.29, 1.82) is 0 Å². The Morgan fingerprint density at radius 1 is 1.20 bits per heavy atom. The molecule has 0 aliphatic carbocycles. The molecule has 1 N–H and O–H groups in total. The van der Waals surface area contributed by atoms with Crippen LogP contribution in [-0.2, 0) is 12.8 Å². The summed E-state index contributed by atoms with van der Waals surface area (Å²) in [5.74, 6) is 0. The van der Waals surface area contributed by atoms with Gasteiger partial charge in [0.25, 0.3) is 0 Å². The molecule has 2 rings (SSSR count). The van der Waals surface area contributed by atoms with Gasteiger partial charge in [0.2, 0.25) is 0 Å². The summed E-state index contributed by atoms with van der Waals surface area (Å²) in [6.07, 6.45) is 6.42. The predicted octanol–water partition coefficient (Wildman–Crippen LogP) is 4.74. The molecule has 2 nitrogen and oxygen atoms in total. The maximum Gasteiger partial charge on any atom is 0.0935 e. The number of benzene rings is 1. The van der Waals surface area contributed by atoms with Crippen LogP contribution in [0.3, 0.4) is 0 Å². The molecule has 0 radical (unpaired) electrons. The van der Waals surface area contributed by atoms with Crippen LogP contribution in [0.2, 0.25) is 10.0 Å². The zero-order valence-corrected chi connectivity index (χ0v) is 13.0. The van der Waals surface area contributed by atoms with E-state index in [9.17, 15) is 0 Å². The molecule has 1 atom stereocenters. The molecule has 0 aliphatic heterocycles. The van der Waals surface area contributed by atoms with Crippen molar-refractivity contribution in [2.75, 3.05) is 6.54 Å². The van der Waals surface area contributed by atoms with Gasteiger partial charge in [-0.25, -0.2) is 0 Å². The smallest absolute Gasteiger partial charge is 0.0935 e. The van der Waals surface area contributed by atoms with E-state index in [1.54, 1.807) is 18.6 Å². The minimum atomic E-state index is 0.339. The van der Waals surface area contributed by atoms with Crippen molar-refractivity contribution < 1.29 is 4.42 Å². The van der Waals surface area contributed by atoms with Crippen molar-refractivity contribution >= 4 is 23.2 Å². The first-order chi connectivity index (χ1) is 9.69. The highest BCUT2D eigenvalue weighted by atomic mass is 35.5. The van der Waals surface area contributed by atoms with Crippen LogP contribution in [0, 0.1) is 0 Å². The predicted molar refractivity (Wildman–Crippen MR) is 84.7 cm³/mol. The Morgan fingerprint density at radius 2 is 2.05 bits per heavy atom. The Morgan fingerprint density at radius 3 is 2.70 bits per heavy atom. The van der Waals surface area contributed by atoms with Gasteiger partial charge in [-0.15, -0.1) is 0 Å². The molecule has 1 aromatic heterocycles. The Balaban J connectivity index is 2.06. The average molecular weight is 312 g/mol. The third-order valence-electron chi connectivity index (χ3n) is 3.23. The van der Waals surface area contributed by atoms with Crippen molar-refractivity contribution in [2.45, 2.75) is 32.2 Å². The Hall–Kier alpha value is -0.960. The van der Waals surface area contributed by atoms with Crippen molar-refractivity contribution in [3.8, 4) is 0 Å². The van der Waals surface area contributed by atoms with E-state index in [0.29, 0.717) is 11.1 Å². The van der Waals surface area contributed by atoms with Crippen LogP contribution in [0.5, 0.6) is 0 Å². The van der Waals surface area contributed by atoms with E-state index in [0.717, 1.165) is 36.4 Å². The van der Waals surface area contributed by atoms with Gasteiger partial charge < -0.3 is 9.73 Å². The second-order valence-electron chi connectivity index (χ2n) is 4.93. The summed E-state index contributed by atoms with van der Waals surface area (Å²) in [5.41, 5.74) is 2.32. The van der Waals surface area contributed by atoms with Gasteiger partial charge in [0.1, 0.15) is 0 Å². The molecule has 4 heteroatoms. The van der Waals surface area contributed by atoms with Crippen LogP contribution in [0.25, 0.3) is 0 Å². The van der Waals surface area contributed by atoms with Crippen molar-refractivity contribution in [3.05, 3.63) is 58.0 Å². The van der Waals surface area contributed by atoms with E-state index in [1.807, 2.05) is 18.2 Å². The van der Waals surface area contributed by atoms with E-state index in [-0.39, 0.29) is 0 Å². The van der Waals surface area contributed by atoms with Crippen molar-refractivity contribution in [1.82, 2.24) is 5.32 Å². The van der Waals surface area contributed by atoms with Crippen LogP contribution < -0.4 is 5.32 Å². The molecule has 1 heterocycles. The average Bonchev–Trinajstić information content (AvgIpc) is 2.92. The fourth-order valence-electron chi connectivity index (χ4n) is 2.21. The summed E-state index contributed by atoms with van der Waals surface area (Å²) in [7, 11) is 0. The largest absolute Gasteiger partial charge is 0.472 e. The lowest BCUT2D eigenvalue weighted by Crippen LogP contribution is -2.33. The monoisotopic (exact) mass is 311 g/mol. The topological polar surface area (TPSA) is 25.2 Å². The van der Waals surface area contributed by atoms with Crippen LogP contribution in [0.1, 0.15) is 24.5 Å². The molecule has 20 heavy (non-hydrogen) atoms. The number of furan rings is 1. The highest BCUT2D eigenvalue weighted by Gasteiger charge is 2.13. The van der Waals surface area contributed by atoms with Gasteiger partial charge in [-0.2, -0.15) is 0 Å². The molecule has 0 spiro atoms. The molecule has 1 unspecified atom stereocenters. The molecule has 0 bridgehead atoms. The number of hydrogen-bond acceptors (Lipinski definition) is 2. The highest BCUT2D eigenvalue weighted by molar-refractivity contribution is 6.35. The van der Waals surface area contributed by atoms with E-state index >= 15 is 0 Å². The van der Waals surface area contributed by atoms with Crippen LogP contribution in [0.4, 0.5) is 0 Å². The quantitative estimate of drug-likeness (QED) is 0.799. The zero-order valence-electron chi connectivity index (χ0n) is 11.5. The van der Waals surface area contributed by atoms with E-state index in [4.69, 9.17) is 27.6 Å². The number of halogens is 2. The third-order valence-corrected chi connectivity index (χ3v) is 3.81. The lowest BCUT2D eigenvalue weighted by molar-refractivity contribution is 0.499. The van der Waals surface area contributed by atoms with Crippen LogP contribution in [-0.4, -0.2) is 12.6 Å². The molecular formula is C16H19Cl2NO. The summed E-state index contributed by atoms with van der Waals surface area (Å²) >= 11 is 12.2. The lowest BCUT2D eigenvalue weighted by Gasteiger charge is -2.18. The summed E-state index contributed by atoms with van der Waals surface area (Å²) in [4.78, 5) is 0. The molecule has 0 fully saturated rings. The molecule has 108 valence electrons. The standard InChI is InChI=1S/C16H19Cl2NO/c1-2-6-19-15(8-12-5-7-20-11-12)9-13-3-4-14(17)10-16(13)18/h3-5,7,10-11,15,19H,2,6,8-9H2,1H3. The van der Waals surface area contributed by atoms with Gasteiger partial charge >= 0.3 is 0 Å². The molecular weight excluding hydrogens is 293 g/mol.